The van der Waals surface area contributed by atoms with Crippen LogP contribution in [-0.2, 0) is 11.2 Å². The summed E-state index contributed by atoms with van der Waals surface area (Å²) < 4.78 is 0. The number of benzene rings is 1. The molecule has 2 rings (SSSR count). The van der Waals surface area contributed by atoms with E-state index in [-0.39, 0.29) is 24.0 Å². The monoisotopic (exact) mass is 277 g/mol. The molecular weight excluding hydrogens is 254 g/mol. The van der Waals surface area contributed by atoms with E-state index in [9.17, 15) is 9.90 Å². The molecule has 1 unspecified atom stereocenters. The molecule has 20 heavy (non-hydrogen) atoms. The first kappa shape index (κ1) is 14.7. The Kier molecular flexibility index (Phi) is 3.90. The van der Waals surface area contributed by atoms with Crippen molar-refractivity contribution in [3.8, 4) is 0 Å². The summed E-state index contributed by atoms with van der Waals surface area (Å²) in [6.07, 6.45) is 1.03. The average Bonchev–Trinajstić information content (AvgIpc) is 2.66. The number of carbonyl (C=O) groups excluding carboxylic acids is 1. The van der Waals surface area contributed by atoms with E-state index in [0.29, 0.717) is 18.5 Å². The van der Waals surface area contributed by atoms with Crippen LogP contribution in [-0.4, -0.2) is 23.7 Å². The Hall–Kier alpha value is -1.75. The number of nitrogens with two attached hydrogens (primary N) is 1. The third kappa shape index (κ3) is 3.04. The second-order valence-electron chi connectivity index (χ2n) is 6.40. The van der Waals surface area contributed by atoms with E-state index in [2.05, 4.69) is 31.4 Å². The van der Waals surface area contributed by atoms with Crippen molar-refractivity contribution in [3.63, 3.8) is 0 Å². The molecule has 1 amide bonds. The van der Waals surface area contributed by atoms with Crippen LogP contribution in [0.2, 0.25) is 0 Å². The second-order valence-corrected chi connectivity index (χ2v) is 6.40. The number of hydrogen-bond acceptors (Lipinski definition) is 4. The molecule has 0 saturated heterocycles. The lowest BCUT2D eigenvalue weighted by Gasteiger charge is -2.32. The van der Waals surface area contributed by atoms with Crippen molar-refractivity contribution in [1.82, 2.24) is 0 Å². The molecular formula is C15H23N3O2. The summed E-state index contributed by atoms with van der Waals surface area (Å²) in [5.74, 6) is -0.000667. The minimum Gasteiger partial charge on any atom is -0.397 e. The van der Waals surface area contributed by atoms with Gasteiger partial charge in [-0.1, -0.05) is 20.8 Å². The van der Waals surface area contributed by atoms with Crippen molar-refractivity contribution in [1.29, 1.82) is 0 Å². The van der Waals surface area contributed by atoms with Gasteiger partial charge in [0.2, 0.25) is 5.91 Å². The lowest BCUT2D eigenvalue weighted by molar-refractivity contribution is -0.115. The van der Waals surface area contributed by atoms with Crippen molar-refractivity contribution < 1.29 is 9.90 Å². The van der Waals surface area contributed by atoms with Gasteiger partial charge in [0.15, 0.2) is 0 Å². The fourth-order valence-electron chi connectivity index (χ4n) is 2.46. The van der Waals surface area contributed by atoms with Crippen molar-refractivity contribution >= 4 is 23.0 Å². The van der Waals surface area contributed by atoms with Crippen LogP contribution >= 0.6 is 0 Å². The summed E-state index contributed by atoms with van der Waals surface area (Å²) in [7, 11) is 0. The van der Waals surface area contributed by atoms with Gasteiger partial charge in [0, 0.05) is 18.3 Å². The maximum atomic E-state index is 11.4. The quantitative estimate of drug-likeness (QED) is 0.634. The van der Waals surface area contributed by atoms with Crippen molar-refractivity contribution in [2.45, 2.75) is 39.7 Å². The highest BCUT2D eigenvalue weighted by Crippen LogP contribution is 2.34. The van der Waals surface area contributed by atoms with E-state index in [1.54, 1.807) is 0 Å². The first-order valence-corrected chi connectivity index (χ1v) is 6.91. The van der Waals surface area contributed by atoms with Gasteiger partial charge in [0.05, 0.1) is 17.8 Å². The van der Waals surface area contributed by atoms with Gasteiger partial charge < -0.3 is 21.5 Å². The van der Waals surface area contributed by atoms with Crippen molar-refractivity contribution in [3.05, 3.63) is 17.7 Å². The van der Waals surface area contributed by atoms with Crippen LogP contribution in [0.1, 0.15) is 32.8 Å². The van der Waals surface area contributed by atoms with Gasteiger partial charge in [0.1, 0.15) is 0 Å². The van der Waals surface area contributed by atoms with Gasteiger partial charge in [-0.15, -0.1) is 0 Å². The van der Waals surface area contributed by atoms with Crippen LogP contribution in [0.4, 0.5) is 17.1 Å². The lowest BCUT2D eigenvalue weighted by Crippen LogP contribution is -2.35. The fourth-order valence-corrected chi connectivity index (χ4v) is 2.46. The minimum atomic E-state index is -0.00255. The highest BCUT2D eigenvalue weighted by atomic mass is 16.3. The first-order chi connectivity index (χ1) is 9.31. The second kappa shape index (κ2) is 5.32. The normalized spacial score (nSPS) is 15.7. The van der Waals surface area contributed by atoms with E-state index < -0.39 is 0 Å². The van der Waals surface area contributed by atoms with Crippen LogP contribution in [0.5, 0.6) is 0 Å². The number of rotatable bonds is 4. The average molecular weight is 277 g/mol. The summed E-state index contributed by atoms with van der Waals surface area (Å²) in [5.41, 5.74) is 9.26. The van der Waals surface area contributed by atoms with E-state index in [1.807, 2.05) is 12.1 Å². The molecule has 5 heteroatoms. The molecule has 1 aliphatic rings. The molecule has 5 N–H and O–H groups in total. The topological polar surface area (TPSA) is 87.4 Å². The molecule has 0 saturated carbocycles. The summed E-state index contributed by atoms with van der Waals surface area (Å²) in [4.78, 5) is 11.4. The van der Waals surface area contributed by atoms with E-state index in [4.69, 9.17) is 5.73 Å². The van der Waals surface area contributed by atoms with Crippen LogP contribution in [0.15, 0.2) is 12.1 Å². The number of amides is 1. The SMILES string of the molecule is CC(C)(C)C(CCO)Nc1cc2c(cc1N)CC(=O)N2. The Labute approximate surface area is 119 Å². The van der Waals surface area contributed by atoms with Crippen LogP contribution in [0.25, 0.3) is 0 Å². The highest BCUT2D eigenvalue weighted by Gasteiger charge is 2.26. The van der Waals surface area contributed by atoms with E-state index in [0.717, 1.165) is 16.9 Å². The lowest BCUT2D eigenvalue weighted by atomic mass is 9.84. The number of hydrogen-bond donors (Lipinski definition) is 4. The number of nitrogen functional groups attached to an aromatic ring is 1. The van der Waals surface area contributed by atoms with E-state index >= 15 is 0 Å². The van der Waals surface area contributed by atoms with Gasteiger partial charge in [-0.3, -0.25) is 4.79 Å². The molecule has 1 aliphatic heterocycles. The van der Waals surface area contributed by atoms with Crippen LogP contribution in [0.3, 0.4) is 0 Å². The van der Waals surface area contributed by atoms with E-state index in [1.165, 1.54) is 0 Å². The Morgan fingerprint density at radius 1 is 1.45 bits per heavy atom. The predicted molar refractivity (Wildman–Crippen MR) is 81.8 cm³/mol. The van der Waals surface area contributed by atoms with Gasteiger partial charge >= 0.3 is 0 Å². The fraction of sp³-hybridized carbons (Fsp3) is 0.533. The first-order valence-electron chi connectivity index (χ1n) is 6.91. The Bertz CT molecular complexity index is 521. The smallest absolute Gasteiger partial charge is 0.228 e. The molecule has 110 valence electrons. The summed E-state index contributed by atoms with van der Waals surface area (Å²) in [6, 6.07) is 3.82. The van der Waals surface area contributed by atoms with Gasteiger partial charge in [-0.05, 0) is 29.5 Å². The molecule has 0 fully saturated rings. The third-order valence-corrected chi connectivity index (χ3v) is 3.69. The molecule has 1 atom stereocenters. The molecule has 0 spiro atoms. The number of fused-ring (bicyclic) bond motifs is 1. The molecule has 0 aliphatic carbocycles. The molecule has 5 nitrogen and oxygen atoms in total. The van der Waals surface area contributed by atoms with Crippen molar-refractivity contribution in [2.24, 2.45) is 5.41 Å². The molecule has 1 aromatic carbocycles. The zero-order valence-electron chi connectivity index (χ0n) is 12.3. The predicted octanol–water partition coefficient (Wildman–Crippen LogP) is 1.97. The maximum absolute atomic E-state index is 11.4. The Morgan fingerprint density at radius 2 is 2.15 bits per heavy atom. The summed E-state index contributed by atoms with van der Waals surface area (Å²) >= 11 is 0. The summed E-state index contributed by atoms with van der Waals surface area (Å²) in [6.45, 7) is 6.47. The Balaban J connectivity index is 2.25. The molecule has 0 aromatic heterocycles. The molecule has 0 bridgehead atoms. The van der Waals surface area contributed by atoms with Crippen molar-refractivity contribution in [2.75, 3.05) is 23.0 Å². The maximum Gasteiger partial charge on any atom is 0.228 e. The van der Waals surface area contributed by atoms with Gasteiger partial charge in [-0.2, -0.15) is 0 Å². The van der Waals surface area contributed by atoms with Gasteiger partial charge in [-0.25, -0.2) is 0 Å². The zero-order valence-corrected chi connectivity index (χ0v) is 12.3. The number of carbonyl (C=O) groups is 1. The molecule has 1 heterocycles. The molecule has 1 aromatic rings. The minimum absolute atomic E-state index is 0.000667. The van der Waals surface area contributed by atoms with Crippen LogP contribution in [0, 0.1) is 5.41 Å². The number of anilines is 3. The molecule has 0 radical (unpaired) electrons. The number of nitrogens with one attached hydrogen (secondary N) is 2. The number of aliphatic hydroxyl groups excluding tert-OH is 1. The van der Waals surface area contributed by atoms with Gasteiger partial charge in [0.25, 0.3) is 0 Å². The highest BCUT2D eigenvalue weighted by molar-refractivity contribution is 6.00. The Morgan fingerprint density at radius 3 is 2.75 bits per heavy atom. The summed E-state index contributed by atoms with van der Waals surface area (Å²) in [5, 5.41) is 15.4. The number of aliphatic hydroxyl groups is 1. The zero-order chi connectivity index (χ0) is 14.9. The van der Waals surface area contributed by atoms with Crippen LogP contribution < -0.4 is 16.4 Å². The standard InChI is InChI=1S/C15H23N3O2/c1-15(2,3)13(4-5-19)17-12-8-11-9(6-10(12)16)7-14(20)18-11/h6,8,13,17,19H,4-5,7,16H2,1-3H3,(H,18,20). The third-order valence-electron chi connectivity index (χ3n) is 3.69. The largest absolute Gasteiger partial charge is 0.397 e.